The fourth-order valence-electron chi connectivity index (χ4n) is 1.84. The quantitative estimate of drug-likeness (QED) is 0.799. The van der Waals surface area contributed by atoms with Crippen LogP contribution in [-0.2, 0) is 4.74 Å². The summed E-state index contributed by atoms with van der Waals surface area (Å²) < 4.78 is 5.66. The van der Waals surface area contributed by atoms with E-state index >= 15 is 0 Å². The Hall–Kier alpha value is -1.59. The van der Waals surface area contributed by atoms with Crippen LogP contribution < -0.4 is 16.0 Å². The Balaban J connectivity index is 2.18. The first-order valence-corrected chi connectivity index (χ1v) is 5.64. The highest BCUT2D eigenvalue weighted by molar-refractivity contribution is 5.90. The van der Waals surface area contributed by atoms with Crippen molar-refractivity contribution >= 4 is 11.7 Å². The third kappa shape index (κ3) is 2.75. The molecule has 1 heterocycles. The van der Waals surface area contributed by atoms with Gasteiger partial charge in [0.1, 0.15) is 0 Å². The summed E-state index contributed by atoms with van der Waals surface area (Å²) in [4.78, 5) is 12.5. The zero-order chi connectivity index (χ0) is 12.3. The topological polar surface area (TPSA) is 67.6 Å². The molecule has 0 saturated carbocycles. The van der Waals surface area contributed by atoms with Gasteiger partial charge in [-0.1, -0.05) is 12.1 Å². The van der Waals surface area contributed by atoms with E-state index in [1.54, 1.807) is 7.05 Å². The molecule has 1 aliphatic rings. The van der Waals surface area contributed by atoms with Crippen LogP contribution in [0.3, 0.4) is 0 Å². The number of benzene rings is 1. The zero-order valence-electron chi connectivity index (χ0n) is 9.85. The molecule has 92 valence electrons. The zero-order valence-corrected chi connectivity index (χ0v) is 9.85. The minimum Gasteiger partial charge on any atom is -0.371 e. The SMILES string of the molecule is CN(C(N)=O)c1cccc(C2CNCCO2)c1. The normalized spacial score (nSPS) is 19.9. The first kappa shape index (κ1) is 11.9. The van der Waals surface area contributed by atoms with Gasteiger partial charge < -0.3 is 15.8 Å². The second kappa shape index (κ2) is 5.16. The molecular formula is C12H17N3O2. The van der Waals surface area contributed by atoms with Crippen LogP contribution in [0.25, 0.3) is 0 Å². The fourth-order valence-corrected chi connectivity index (χ4v) is 1.84. The molecule has 0 aliphatic carbocycles. The third-order valence-corrected chi connectivity index (χ3v) is 2.89. The highest BCUT2D eigenvalue weighted by Gasteiger charge is 2.16. The van der Waals surface area contributed by atoms with Crippen molar-refractivity contribution in [1.29, 1.82) is 0 Å². The van der Waals surface area contributed by atoms with Gasteiger partial charge in [0.25, 0.3) is 0 Å². The van der Waals surface area contributed by atoms with Crippen LogP contribution >= 0.6 is 0 Å². The Labute approximate surface area is 101 Å². The van der Waals surface area contributed by atoms with Crippen molar-refractivity contribution in [3.8, 4) is 0 Å². The van der Waals surface area contributed by atoms with E-state index in [4.69, 9.17) is 10.5 Å². The number of morpholine rings is 1. The molecule has 1 aromatic carbocycles. The van der Waals surface area contributed by atoms with Crippen molar-refractivity contribution in [2.24, 2.45) is 5.73 Å². The van der Waals surface area contributed by atoms with E-state index in [-0.39, 0.29) is 6.10 Å². The van der Waals surface area contributed by atoms with E-state index in [1.165, 1.54) is 4.90 Å². The molecule has 1 aliphatic heterocycles. The summed E-state index contributed by atoms with van der Waals surface area (Å²) in [6.07, 6.45) is 0.0463. The van der Waals surface area contributed by atoms with Gasteiger partial charge in [0, 0.05) is 25.8 Å². The molecule has 0 radical (unpaired) electrons. The number of hydrogen-bond acceptors (Lipinski definition) is 3. The maximum atomic E-state index is 11.1. The van der Waals surface area contributed by atoms with Crippen LogP contribution in [0.15, 0.2) is 24.3 Å². The van der Waals surface area contributed by atoms with Crippen molar-refractivity contribution in [3.05, 3.63) is 29.8 Å². The summed E-state index contributed by atoms with van der Waals surface area (Å²) in [5, 5.41) is 3.27. The molecule has 1 fully saturated rings. The van der Waals surface area contributed by atoms with Gasteiger partial charge in [-0.3, -0.25) is 4.90 Å². The lowest BCUT2D eigenvalue weighted by atomic mass is 10.1. The minimum absolute atomic E-state index is 0.0463. The third-order valence-electron chi connectivity index (χ3n) is 2.89. The second-order valence-corrected chi connectivity index (χ2v) is 4.06. The maximum absolute atomic E-state index is 11.1. The highest BCUT2D eigenvalue weighted by atomic mass is 16.5. The summed E-state index contributed by atoms with van der Waals surface area (Å²) in [5.74, 6) is 0. The number of anilines is 1. The predicted molar refractivity (Wildman–Crippen MR) is 66.0 cm³/mol. The molecule has 0 aromatic heterocycles. The van der Waals surface area contributed by atoms with E-state index in [0.717, 1.165) is 24.3 Å². The maximum Gasteiger partial charge on any atom is 0.318 e. The number of urea groups is 1. The Morgan fingerprint density at radius 2 is 2.41 bits per heavy atom. The molecule has 5 nitrogen and oxygen atoms in total. The minimum atomic E-state index is -0.468. The van der Waals surface area contributed by atoms with E-state index in [9.17, 15) is 4.79 Å². The van der Waals surface area contributed by atoms with Crippen LogP contribution in [0.4, 0.5) is 10.5 Å². The van der Waals surface area contributed by atoms with Gasteiger partial charge in [-0.05, 0) is 17.7 Å². The van der Waals surface area contributed by atoms with Crippen LogP contribution in [0, 0.1) is 0 Å². The number of amides is 2. The van der Waals surface area contributed by atoms with E-state index in [2.05, 4.69) is 5.32 Å². The highest BCUT2D eigenvalue weighted by Crippen LogP contribution is 2.23. The van der Waals surface area contributed by atoms with E-state index < -0.39 is 6.03 Å². The molecule has 0 spiro atoms. The Morgan fingerprint density at radius 3 is 3.06 bits per heavy atom. The second-order valence-electron chi connectivity index (χ2n) is 4.06. The van der Waals surface area contributed by atoms with Crippen molar-refractivity contribution in [2.45, 2.75) is 6.10 Å². The molecule has 1 atom stereocenters. The van der Waals surface area contributed by atoms with Crippen molar-refractivity contribution in [2.75, 3.05) is 31.6 Å². The average molecular weight is 235 g/mol. The number of carbonyl (C=O) groups is 1. The smallest absolute Gasteiger partial charge is 0.318 e. The number of carbonyl (C=O) groups excluding carboxylic acids is 1. The Kier molecular flexibility index (Phi) is 3.61. The summed E-state index contributed by atoms with van der Waals surface area (Å²) >= 11 is 0. The monoisotopic (exact) mass is 235 g/mol. The molecule has 1 aromatic rings. The summed E-state index contributed by atoms with van der Waals surface area (Å²) in [5.41, 5.74) is 7.08. The Bertz CT molecular complexity index is 402. The first-order chi connectivity index (χ1) is 8.18. The predicted octanol–water partition coefficient (Wildman–Crippen LogP) is 0.862. The van der Waals surface area contributed by atoms with Gasteiger partial charge in [0.05, 0.1) is 12.7 Å². The number of rotatable bonds is 2. The van der Waals surface area contributed by atoms with Gasteiger partial charge in [-0.15, -0.1) is 0 Å². The summed E-state index contributed by atoms with van der Waals surface area (Å²) in [6, 6.07) is 7.22. The molecule has 0 bridgehead atoms. The van der Waals surface area contributed by atoms with Gasteiger partial charge in [-0.2, -0.15) is 0 Å². The lowest BCUT2D eigenvalue weighted by Crippen LogP contribution is -2.34. The molecule has 1 saturated heterocycles. The number of hydrogen-bond donors (Lipinski definition) is 2. The van der Waals surface area contributed by atoms with Crippen LogP contribution in [0.5, 0.6) is 0 Å². The van der Waals surface area contributed by atoms with Crippen LogP contribution in [-0.4, -0.2) is 32.8 Å². The molecule has 3 N–H and O–H groups in total. The molecule has 2 rings (SSSR count). The Morgan fingerprint density at radius 1 is 1.59 bits per heavy atom. The van der Waals surface area contributed by atoms with Crippen LogP contribution in [0.1, 0.15) is 11.7 Å². The molecular weight excluding hydrogens is 218 g/mol. The van der Waals surface area contributed by atoms with Gasteiger partial charge in [-0.25, -0.2) is 4.79 Å². The number of nitrogens with zero attached hydrogens (tertiary/aromatic N) is 1. The summed E-state index contributed by atoms with van der Waals surface area (Å²) in [7, 11) is 1.65. The van der Waals surface area contributed by atoms with Crippen molar-refractivity contribution in [1.82, 2.24) is 5.32 Å². The van der Waals surface area contributed by atoms with Gasteiger partial charge >= 0.3 is 6.03 Å². The molecule has 2 amide bonds. The number of nitrogens with one attached hydrogen (secondary N) is 1. The van der Waals surface area contributed by atoms with Crippen molar-refractivity contribution < 1.29 is 9.53 Å². The largest absolute Gasteiger partial charge is 0.371 e. The molecule has 1 unspecified atom stereocenters. The van der Waals surface area contributed by atoms with E-state index in [0.29, 0.717) is 6.61 Å². The fraction of sp³-hybridized carbons (Fsp3) is 0.417. The lowest BCUT2D eigenvalue weighted by molar-refractivity contribution is 0.0277. The first-order valence-electron chi connectivity index (χ1n) is 5.64. The van der Waals surface area contributed by atoms with Gasteiger partial charge in [0.2, 0.25) is 0 Å². The van der Waals surface area contributed by atoms with Gasteiger partial charge in [0.15, 0.2) is 0 Å². The molecule has 17 heavy (non-hydrogen) atoms. The average Bonchev–Trinajstić information content (AvgIpc) is 2.39. The number of primary amides is 1. The van der Waals surface area contributed by atoms with Crippen molar-refractivity contribution in [3.63, 3.8) is 0 Å². The molecule has 5 heteroatoms. The number of ether oxygens (including phenoxy) is 1. The lowest BCUT2D eigenvalue weighted by Gasteiger charge is -2.25. The standard InChI is InChI=1S/C12H17N3O2/c1-15(12(13)16)10-4-2-3-9(7-10)11-8-14-5-6-17-11/h2-4,7,11,14H,5-6,8H2,1H3,(H2,13,16). The van der Waals surface area contributed by atoms with Crippen LogP contribution in [0.2, 0.25) is 0 Å². The van der Waals surface area contributed by atoms with E-state index in [1.807, 2.05) is 24.3 Å². The number of nitrogens with two attached hydrogens (primary N) is 1. The summed E-state index contributed by atoms with van der Waals surface area (Å²) in [6.45, 7) is 2.39.